The average molecular weight is 493 g/mol. The number of anilines is 1. The molecular weight excluding hydrogens is 464 g/mol. The fourth-order valence-electron chi connectivity index (χ4n) is 4.94. The molecule has 0 bridgehead atoms. The van der Waals surface area contributed by atoms with Crippen LogP contribution in [0.15, 0.2) is 35.4 Å². The summed E-state index contributed by atoms with van der Waals surface area (Å²) < 4.78 is 19.5. The number of nitrogens with zero attached hydrogens (tertiary/aromatic N) is 4. The molecule has 2 aliphatic heterocycles. The lowest BCUT2D eigenvalue weighted by Crippen LogP contribution is -2.39. The number of fused-ring (bicyclic) bond motifs is 5. The lowest BCUT2D eigenvalue weighted by molar-refractivity contribution is -0.0396. The van der Waals surface area contributed by atoms with Crippen LogP contribution in [0.2, 0.25) is 0 Å². The molecule has 5 heterocycles. The Morgan fingerprint density at radius 2 is 1.91 bits per heavy atom. The zero-order valence-corrected chi connectivity index (χ0v) is 21.0. The average Bonchev–Trinajstić information content (AvgIpc) is 3.24. The Kier molecular flexibility index (Phi) is 5.51. The van der Waals surface area contributed by atoms with Crippen molar-refractivity contribution < 1.29 is 14.2 Å². The Bertz CT molecular complexity index is 1470. The van der Waals surface area contributed by atoms with E-state index in [1.54, 1.807) is 10.9 Å². The predicted octanol–water partition coefficient (Wildman–Crippen LogP) is 4.08. The normalized spacial score (nSPS) is 17.6. The van der Waals surface area contributed by atoms with Gasteiger partial charge in [0.1, 0.15) is 27.4 Å². The van der Waals surface area contributed by atoms with E-state index in [2.05, 4.69) is 18.7 Å². The van der Waals surface area contributed by atoms with E-state index in [9.17, 15) is 4.79 Å². The number of rotatable bonds is 4. The van der Waals surface area contributed by atoms with E-state index in [0.717, 1.165) is 58.1 Å². The Hall–Kier alpha value is -3.01. The van der Waals surface area contributed by atoms with Gasteiger partial charge in [0.15, 0.2) is 0 Å². The van der Waals surface area contributed by atoms with Crippen LogP contribution < -0.4 is 15.2 Å². The molecule has 8 nitrogen and oxygen atoms in total. The number of morpholine rings is 1. The summed E-state index contributed by atoms with van der Waals surface area (Å²) in [6, 6.07) is 7.50. The van der Waals surface area contributed by atoms with E-state index in [4.69, 9.17) is 24.2 Å². The zero-order valence-electron chi connectivity index (χ0n) is 20.2. The van der Waals surface area contributed by atoms with E-state index in [1.807, 2.05) is 31.2 Å². The molecule has 0 unspecified atom stereocenters. The molecule has 2 aliphatic rings. The minimum atomic E-state index is -0.297. The highest BCUT2D eigenvalue weighted by Gasteiger charge is 2.33. The largest absolute Gasteiger partial charge is 0.494 e. The van der Waals surface area contributed by atoms with Gasteiger partial charge < -0.3 is 19.1 Å². The molecule has 182 valence electrons. The van der Waals surface area contributed by atoms with Gasteiger partial charge in [0.05, 0.1) is 43.2 Å². The summed E-state index contributed by atoms with van der Waals surface area (Å²) in [5, 5.41) is 0.990. The third-order valence-electron chi connectivity index (χ3n) is 6.67. The Labute approximate surface area is 207 Å². The number of pyridine rings is 1. The van der Waals surface area contributed by atoms with Crippen molar-refractivity contribution in [2.45, 2.75) is 39.4 Å². The third-order valence-corrected chi connectivity index (χ3v) is 7.73. The van der Waals surface area contributed by atoms with Crippen molar-refractivity contribution in [2.75, 3.05) is 37.8 Å². The maximum atomic E-state index is 13.6. The number of aromatic nitrogens is 3. The zero-order chi connectivity index (χ0) is 24.2. The standard InChI is InChI=1S/C26H28N4O4S/c1-4-33-17-7-5-16(6-8-17)30-15-27-21-20-18-13-26(2,3)34-14-19(18)23(29-9-11-32-12-10-29)28-24(20)35-22(21)25(30)31/h5-8,15H,4,9-14H2,1-3H3. The fraction of sp³-hybridized carbons (Fsp3) is 0.423. The van der Waals surface area contributed by atoms with Crippen LogP contribution >= 0.6 is 11.3 Å². The second-order valence-electron chi connectivity index (χ2n) is 9.52. The number of ether oxygens (including phenoxy) is 3. The maximum Gasteiger partial charge on any atom is 0.275 e. The Morgan fingerprint density at radius 1 is 1.14 bits per heavy atom. The van der Waals surface area contributed by atoms with Crippen molar-refractivity contribution in [2.24, 2.45) is 0 Å². The first-order valence-corrected chi connectivity index (χ1v) is 12.8. The third kappa shape index (κ3) is 3.87. The molecule has 3 aromatic heterocycles. The molecule has 0 N–H and O–H groups in total. The van der Waals surface area contributed by atoms with Gasteiger partial charge in [-0.1, -0.05) is 0 Å². The number of hydrogen-bond donors (Lipinski definition) is 0. The molecule has 1 fully saturated rings. The molecular formula is C26H28N4O4S. The Balaban J connectivity index is 1.54. The van der Waals surface area contributed by atoms with Crippen LogP contribution in [0.25, 0.3) is 26.1 Å². The molecule has 1 aromatic carbocycles. The summed E-state index contributed by atoms with van der Waals surface area (Å²) in [6.07, 6.45) is 2.37. The molecule has 6 rings (SSSR count). The summed E-state index contributed by atoms with van der Waals surface area (Å²) in [5.74, 6) is 1.72. The van der Waals surface area contributed by atoms with Gasteiger partial charge in [-0.15, -0.1) is 11.3 Å². The van der Waals surface area contributed by atoms with Crippen LogP contribution in [0, 0.1) is 0 Å². The minimum absolute atomic E-state index is 0.0878. The smallest absolute Gasteiger partial charge is 0.275 e. The van der Waals surface area contributed by atoms with Crippen molar-refractivity contribution >= 4 is 37.6 Å². The van der Waals surface area contributed by atoms with Gasteiger partial charge in [-0.2, -0.15) is 0 Å². The number of hydrogen-bond acceptors (Lipinski definition) is 8. The molecule has 1 saturated heterocycles. The first kappa shape index (κ1) is 22.5. The maximum absolute atomic E-state index is 13.6. The molecule has 0 amide bonds. The minimum Gasteiger partial charge on any atom is -0.494 e. The van der Waals surface area contributed by atoms with Gasteiger partial charge >= 0.3 is 0 Å². The Morgan fingerprint density at radius 3 is 2.66 bits per heavy atom. The van der Waals surface area contributed by atoms with Gasteiger partial charge in [-0.05, 0) is 50.6 Å². The molecule has 0 spiro atoms. The lowest BCUT2D eigenvalue weighted by Gasteiger charge is -2.36. The molecule has 0 radical (unpaired) electrons. The summed E-state index contributed by atoms with van der Waals surface area (Å²) in [6.45, 7) is 10.2. The second kappa shape index (κ2) is 8.58. The highest BCUT2D eigenvalue weighted by atomic mass is 32.1. The van der Waals surface area contributed by atoms with E-state index in [1.165, 1.54) is 16.9 Å². The van der Waals surface area contributed by atoms with Crippen molar-refractivity contribution in [1.82, 2.24) is 14.5 Å². The monoisotopic (exact) mass is 492 g/mol. The molecule has 35 heavy (non-hydrogen) atoms. The highest BCUT2D eigenvalue weighted by Crippen LogP contribution is 2.42. The molecule has 0 saturated carbocycles. The first-order chi connectivity index (χ1) is 16.9. The van der Waals surface area contributed by atoms with Crippen LogP contribution in [0.1, 0.15) is 31.9 Å². The molecule has 0 aliphatic carbocycles. The second-order valence-corrected chi connectivity index (χ2v) is 10.5. The van der Waals surface area contributed by atoms with Crippen molar-refractivity contribution in [1.29, 1.82) is 0 Å². The number of benzene rings is 1. The van der Waals surface area contributed by atoms with E-state index < -0.39 is 0 Å². The van der Waals surface area contributed by atoms with Gasteiger partial charge in [0.2, 0.25) is 0 Å². The van der Waals surface area contributed by atoms with E-state index in [0.29, 0.717) is 31.1 Å². The lowest BCUT2D eigenvalue weighted by atomic mass is 9.90. The van der Waals surface area contributed by atoms with Crippen LogP contribution in [0.5, 0.6) is 5.75 Å². The summed E-state index contributed by atoms with van der Waals surface area (Å²) >= 11 is 1.43. The summed E-state index contributed by atoms with van der Waals surface area (Å²) in [4.78, 5) is 26.6. The van der Waals surface area contributed by atoms with Crippen LogP contribution in [0.3, 0.4) is 0 Å². The van der Waals surface area contributed by atoms with Crippen LogP contribution in [-0.4, -0.2) is 53.0 Å². The van der Waals surface area contributed by atoms with Crippen LogP contribution in [-0.2, 0) is 22.5 Å². The summed E-state index contributed by atoms with van der Waals surface area (Å²) in [5.41, 5.74) is 3.40. The van der Waals surface area contributed by atoms with Gasteiger partial charge in [-0.3, -0.25) is 9.36 Å². The van der Waals surface area contributed by atoms with Gasteiger partial charge in [-0.25, -0.2) is 9.97 Å². The number of thiophene rings is 1. The molecule has 0 atom stereocenters. The van der Waals surface area contributed by atoms with Crippen molar-refractivity contribution in [3.63, 3.8) is 0 Å². The van der Waals surface area contributed by atoms with Gasteiger partial charge in [0, 0.05) is 30.5 Å². The predicted molar refractivity (Wildman–Crippen MR) is 137 cm³/mol. The van der Waals surface area contributed by atoms with Gasteiger partial charge in [0.25, 0.3) is 5.56 Å². The first-order valence-electron chi connectivity index (χ1n) is 12.0. The molecule has 4 aromatic rings. The quantitative estimate of drug-likeness (QED) is 0.425. The van der Waals surface area contributed by atoms with E-state index in [-0.39, 0.29) is 11.2 Å². The fourth-order valence-corrected chi connectivity index (χ4v) is 6.02. The van der Waals surface area contributed by atoms with Crippen molar-refractivity contribution in [3.05, 3.63) is 52.1 Å². The highest BCUT2D eigenvalue weighted by molar-refractivity contribution is 7.25. The SMILES string of the molecule is CCOc1ccc(-n2cnc3c(sc4nc(N5CCOCC5)c5c(c43)CC(C)(C)OC5)c2=O)cc1. The van der Waals surface area contributed by atoms with Crippen LogP contribution in [0.4, 0.5) is 5.82 Å². The topological polar surface area (TPSA) is 78.7 Å². The van der Waals surface area contributed by atoms with E-state index >= 15 is 0 Å². The molecule has 9 heteroatoms. The van der Waals surface area contributed by atoms with Crippen molar-refractivity contribution in [3.8, 4) is 11.4 Å². The summed E-state index contributed by atoms with van der Waals surface area (Å²) in [7, 11) is 0.